The minimum atomic E-state index is -1.49. The molecule has 1 aliphatic rings. The highest BCUT2D eigenvalue weighted by Gasteiger charge is 2.30. The summed E-state index contributed by atoms with van der Waals surface area (Å²) in [6.45, 7) is 0. The van der Waals surface area contributed by atoms with E-state index in [2.05, 4.69) is 5.92 Å². The second-order valence-electron chi connectivity index (χ2n) is 3.57. The molecule has 0 radical (unpaired) electrons. The predicted octanol–water partition coefficient (Wildman–Crippen LogP) is 1.57. The van der Waals surface area contributed by atoms with Gasteiger partial charge in [-0.25, -0.2) is 0 Å². The van der Waals surface area contributed by atoms with E-state index in [0.717, 1.165) is 5.56 Å². The molecule has 2 nitrogen and oxygen atoms in total. The standard InChI is InChI=1S/C14H10O2/c1-2-14(16)9-8-12(15)10-13(14)11-6-4-3-5-7-11/h1,3-10,16H. The number of terminal acetylenes is 1. The van der Waals surface area contributed by atoms with Crippen LogP contribution in [-0.2, 0) is 4.79 Å². The fourth-order valence-electron chi connectivity index (χ4n) is 1.64. The maximum atomic E-state index is 11.3. The van der Waals surface area contributed by atoms with Gasteiger partial charge in [-0.3, -0.25) is 4.79 Å². The Hall–Kier alpha value is -2.11. The van der Waals surface area contributed by atoms with Crippen LogP contribution >= 0.6 is 0 Å². The first-order chi connectivity index (χ1) is 7.65. The highest BCUT2D eigenvalue weighted by Crippen LogP contribution is 2.30. The summed E-state index contributed by atoms with van der Waals surface area (Å²) in [6, 6.07) is 9.13. The second-order valence-corrected chi connectivity index (χ2v) is 3.57. The first-order valence-corrected chi connectivity index (χ1v) is 4.87. The molecule has 0 aliphatic heterocycles. The maximum Gasteiger partial charge on any atom is 0.178 e. The Bertz CT molecular complexity index is 517. The van der Waals surface area contributed by atoms with E-state index in [1.165, 1.54) is 18.2 Å². The quantitative estimate of drug-likeness (QED) is 0.714. The third kappa shape index (κ3) is 1.69. The normalized spacial score (nSPS) is 23.8. The SMILES string of the molecule is C#CC1(O)C=CC(=O)C=C1c1ccccc1. The zero-order chi connectivity index (χ0) is 11.6. The number of hydrogen-bond donors (Lipinski definition) is 1. The average Bonchev–Trinajstić information content (AvgIpc) is 2.33. The fourth-order valence-corrected chi connectivity index (χ4v) is 1.64. The summed E-state index contributed by atoms with van der Waals surface area (Å²) in [5.74, 6) is 2.13. The van der Waals surface area contributed by atoms with E-state index in [1.807, 2.05) is 18.2 Å². The summed E-state index contributed by atoms with van der Waals surface area (Å²) < 4.78 is 0. The summed E-state index contributed by atoms with van der Waals surface area (Å²) in [4.78, 5) is 11.3. The van der Waals surface area contributed by atoms with Crippen molar-refractivity contribution in [1.29, 1.82) is 0 Å². The summed E-state index contributed by atoms with van der Waals surface area (Å²) in [5, 5.41) is 10.2. The van der Waals surface area contributed by atoms with Gasteiger partial charge < -0.3 is 5.11 Å². The smallest absolute Gasteiger partial charge is 0.178 e. The minimum absolute atomic E-state index is 0.168. The summed E-state index contributed by atoms with van der Waals surface area (Å²) in [6.07, 6.45) is 9.31. The Labute approximate surface area is 93.9 Å². The van der Waals surface area contributed by atoms with E-state index in [0.29, 0.717) is 5.57 Å². The number of benzene rings is 1. The topological polar surface area (TPSA) is 37.3 Å². The second kappa shape index (κ2) is 3.80. The first-order valence-electron chi connectivity index (χ1n) is 4.87. The van der Waals surface area contributed by atoms with E-state index in [-0.39, 0.29) is 5.78 Å². The molecule has 1 N–H and O–H groups in total. The van der Waals surface area contributed by atoms with Gasteiger partial charge in [-0.05, 0) is 23.8 Å². The molecular weight excluding hydrogens is 200 g/mol. The summed E-state index contributed by atoms with van der Waals surface area (Å²) in [7, 11) is 0. The minimum Gasteiger partial charge on any atom is -0.370 e. The van der Waals surface area contributed by atoms with Crippen molar-refractivity contribution in [3.8, 4) is 12.3 Å². The molecule has 1 aromatic rings. The molecule has 1 unspecified atom stereocenters. The van der Waals surface area contributed by atoms with Crippen molar-refractivity contribution in [1.82, 2.24) is 0 Å². The molecule has 0 aromatic heterocycles. The lowest BCUT2D eigenvalue weighted by atomic mass is 9.84. The molecule has 2 rings (SSSR count). The molecule has 0 fully saturated rings. The zero-order valence-corrected chi connectivity index (χ0v) is 8.55. The lowest BCUT2D eigenvalue weighted by molar-refractivity contribution is -0.110. The monoisotopic (exact) mass is 210 g/mol. The van der Waals surface area contributed by atoms with Crippen molar-refractivity contribution in [2.45, 2.75) is 5.60 Å². The number of ketones is 1. The number of aliphatic hydroxyl groups is 1. The van der Waals surface area contributed by atoms with Crippen molar-refractivity contribution < 1.29 is 9.90 Å². The molecule has 0 amide bonds. The molecular formula is C14H10O2. The molecule has 0 heterocycles. The Balaban J connectivity index is 2.54. The Morgan fingerprint density at radius 3 is 2.56 bits per heavy atom. The van der Waals surface area contributed by atoms with Gasteiger partial charge in [-0.2, -0.15) is 0 Å². The highest BCUT2D eigenvalue weighted by molar-refractivity contribution is 6.08. The number of carbonyl (C=O) groups excluding carboxylic acids is 1. The molecule has 2 heteroatoms. The number of rotatable bonds is 1. The molecule has 0 spiro atoms. The largest absolute Gasteiger partial charge is 0.370 e. The molecule has 1 aliphatic carbocycles. The lowest BCUT2D eigenvalue weighted by Gasteiger charge is -2.24. The molecule has 1 aromatic carbocycles. The van der Waals surface area contributed by atoms with Crippen LogP contribution in [-0.4, -0.2) is 16.5 Å². The zero-order valence-electron chi connectivity index (χ0n) is 8.55. The molecule has 78 valence electrons. The molecule has 0 bridgehead atoms. The fraction of sp³-hybridized carbons (Fsp3) is 0.0714. The van der Waals surface area contributed by atoms with Crippen LogP contribution in [0.25, 0.3) is 5.57 Å². The van der Waals surface area contributed by atoms with Gasteiger partial charge in [-0.15, -0.1) is 6.42 Å². The van der Waals surface area contributed by atoms with E-state index in [4.69, 9.17) is 6.42 Å². The van der Waals surface area contributed by atoms with Crippen LogP contribution in [0.4, 0.5) is 0 Å². The van der Waals surface area contributed by atoms with E-state index >= 15 is 0 Å². The predicted molar refractivity (Wildman–Crippen MR) is 62.3 cm³/mol. The van der Waals surface area contributed by atoms with E-state index in [9.17, 15) is 9.90 Å². The lowest BCUT2D eigenvalue weighted by Crippen LogP contribution is -2.28. The van der Waals surface area contributed by atoms with Crippen molar-refractivity contribution in [2.75, 3.05) is 0 Å². The maximum absolute atomic E-state index is 11.3. The third-order valence-electron chi connectivity index (χ3n) is 2.49. The first kappa shape index (κ1) is 10.4. The molecule has 16 heavy (non-hydrogen) atoms. The van der Waals surface area contributed by atoms with Crippen molar-refractivity contribution in [3.63, 3.8) is 0 Å². The van der Waals surface area contributed by atoms with Crippen LogP contribution in [0.15, 0.2) is 48.6 Å². The van der Waals surface area contributed by atoms with Crippen molar-refractivity contribution in [2.24, 2.45) is 0 Å². The van der Waals surface area contributed by atoms with Gasteiger partial charge in [0.25, 0.3) is 0 Å². The summed E-state index contributed by atoms with van der Waals surface area (Å²) in [5.41, 5.74) is -0.293. The van der Waals surface area contributed by atoms with Crippen LogP contribution in [0.1, 0.15) is 5.56 Å². The number of carbonyl (C=O) groups is 1. The van der Waals surface area contributed by atoms with Crippen LogP contribution < -0.4 is 0 Å². The Kier molecular flexibility index (Phi) is 2.47. The van der Waals surface area contributed by atoms with Gasteiger partial charge in [0, 0.05) is 5.57 Å². The van der Waals surface area contributed by atoms with Crippen LogP contribution in [0.2, 0.25) is 0 Å². The Morgan fingerprint density at radius 2 is 1.94 bits per heavy atom. The van der Waals surface area contributed by atoms with Gasteiger partial charge in [0.15, 0.2) is 11.4 Å². The third-order valence-corrected chi connectivity index (χ3v) is 2.49. The van der Waals surface area contributed by atoms with Gasteiger partial charge in [0.05, 0.1) is 0 Å². The van der Waals surface area contributed by atoms with Crippen LogP contribution in [0, 0.1) is 12.3 Å². The van der Waals surface area contributed by atoms with E-state index < -0.39 is 5.60 Å². The molecule has 0 saturated heterocycles. The van der Waals surface area contributed by atoms with Gasteiger partial charge >= 0.3 is 0 Å². The van der Waals surface area contributed by atoms with E-state index in [1.54, 1.807) is 12.1 Å². The Morgan fingerprint density at radius 1 is 1.25 bits per heavy atom. The van der Waals surface area contributed by atoms with Gasteiger partial charge in [0.2, 0.25) is 0 Å². The number of allylic oxidation sites excluding steroid dienone is 2. The van der Waals surface area contributed by atoms with Gasteiger partial charge in [-0.1, -0.05) is 36.3 Å². The van der Waals surface area contributed by atoms with Crippen LogP contribution in [0.5, 0.6) is 0 Å². The van der Waals surface area contributed by atoms with Crippen molar-refractivity contribution >= 4 is 11.4 Å². The van der Waals surface area contributed by atoms with Crippen molar-refractivity contribution in [3.05, 3.63) is 54.1 Å². The number of hydrogen-bond acceptors (Lipinski definition) is 2. The molecule has 0 saturated carbocycles. The highest BCUT2D eigenvalue weighted by atomic mass is 16.3. The average molecular weight is 210 g/mol. The molecule has 1 atom stereocenters. The summed E-state index contributed by atoms with van der Waals surface area (Å²) >= 11 is 0. The van der Waals surface area contributed by atoms with Crippen LogP contribution in [0.3, 0.4) is 0 Å². The van der Waals surface area contributed by atoms with Gasteiger partial charge in [0.1, 0.15) is 0 Å².